The Labute approximate surface area is 97.4 Å². The lowest BCUT2D eigenvalue weighted by Gasteiger charge is -2.23. The number of hydrogen-bond donors (Lipinski definition) is 2. The molecule has 1 aliphatic heterocycles. The molecule has 1 heterocycles. The molecule has 0 radical (unpaired) electrons. The quantitative estimate of drug-likeness (QED) is 0.514. The molecule has 5 nitrogen and oxygen atoms in total. The molecule has 94 valence electrons. The number of nitrogens with one attached hydrogen (secondary N) is 1. The highest BCUT2D eigenvalue weighted by atomic mass is 32.2. The fourth-order valence-electron chi connectivity index (χ4n) is 1.62. The van der Waals surface area contributed by atoms with E-state index in [-0.39, 0.29) is 23.1 Å². The second-order valence-electron chi connectivity index (χ2n) is 5.27. The lowest BCUT2D eigenvalue weighted by Crippen LogP contribution is -2.45. The van der Waals surface area contributed by atoms with Crippen LogP contribution in [0.2, 0.25) is 0 Å². The normalized spacial score (nSPS) is 23.1. The fraction of sp³-hybridized carbons (Fsp3) is 0.900. The van der Waals surface area contributed by atoms with Gasteiger partial charge in [0.2, 0.25) is 0 Å². The van der Waals surface area contributed by atoms with Gasteiger partial charge in [-0.15, -0.1) is 0 Å². The summed E-state index contributed by atoms with van der Waals surface area (Å²) in [5.74, 6) is 0.852. The van der Waals surface area contributed by atoms with Gasteiger partial charge in [-0.2, -0.15) is 0 Å². The smallest absolute Gasteiger partial charge is 0.189 e. The molecule has 0 saturated carbocycles. The summed E-state index contributed by atoms with van der Waals surface area (Å²) >= 11 is 0. The number of nitrogens with two attached hydrogens (primary N) is 1. The van der Waals surface area contributed by atoms with Crippen molar-refractivity contribution in [2.45, 2.75) is 45.2 Å². The minimum absolute atomic E-state index is 0.0402. The van der Waals surface area contributed by atoms with Gasteiger partial charge in [-0.05, 0) is 33.6 Å². The lowest BCUT2D eigenvalue weighted by molar-refractivity contribution is 0.501. The number of guanidine groups is 1. The molecule has 1 fully saturated rings. The van der Waals surface area contributed by atoms with Crippen molar-refractivity contribution >= 4 is 15.8 Å². The van der Waals surface area contributed by atoms with Crippen LogP contribution in [0.1, 0.15) is 33.6 Å². The van der Waals surface area contributed by atoms with E-state index in [2.05, 4.69) is 10.3 Å². The second-order valence-corrected chi connectivity index (χ2v) is 7.58. The maximum absolute atomic E-state index is 11.2. The van der Waals surface area contributed by atoms with Gasteiger partial charge in [0.1, 0.15) is 9.84 Å². The summed E-state index contributed by atoms with van der Waals surface area (Å²) in [6.07, 6.45) is 1.16. The van der Waals surface area contributed by atoms with Gasteiger partial charge < -0.3 is 11.1 Å². The summed E-state index contributed by atoms with van der Waals surface area (Å²) in [5.41, 5.74) is 5.63. The Hall–Kier alpha value is -0.780. The van der Waals surface area contributed by atoms with Crippen LogP contribution in [-0.4, -0.2) is 37.5 Å². The number of rotatable bonds is 1. The standard InChI is InChI=1S/C10H21N3O2S/c1-10(2,3)13-9(11)12-8-4-6-16(14,15)7-5-8/h8H,4-7H2,1-3H3,(H3,11,12,13). The van der Waals surface area contributed by atoms with Crippen LogP contribution in [0.5, 0.6) is 0 Å². The summed E-state index contributed by atoms with van der Waals surface area (Å²) in [6, 6.07) is 0.0402. The van der Waals surface area contributed by atoms with E-state index in [1.807, 2.05) is 20.8 Å². The Morgan fingerprint density at radius 1 is 1.31 bits per heavy atom. The van der Waals surface area contributed by atoms with Crippen LogP contribution in [0.3, 0.4) is 0 Å². The summed E-state index contributed by atoms with van der Waals surface area (Å²) in [7, 11) is -2.82. The fourth-order valence-corrected chi connectivity index (χ4v) is 3.09. The molecule has 1 rings (SSSR count). The molecule has 0 unspecified atom stereocenters. The van der Waals surface area contributed by atoms with Crippen molar-refractivity contribution in [3.05, 3.63) is 0 Å². The Kier molecular flexibility index (Phi) is 3.83. The largest absolute Gasteiger partial charge is 0.370 e. The van der Waals surface area contributed by atoms with Gasteiger partial charge in [-0.3, -0.25) is 4.99 Å². The van der Waals surface area contributed by atoms with Gasteiger partial charge >= 0.3 is 0 Å². The van der Waals surface area contributed by atoms with E-state index >= 15 is 0 Å². The number of hydrogen-bond acceptors (Lipinski definition) is 3. The average molecular weight is 247 g/mol. The van der Waals surface area contributed by atoms with Crippen LogP contribution < -0.4 is 11.1 Å². The van der Waals surface area contributed by atoms with Gasteiger partial charge in [0.15, 0.2) is 5.96 Å². The first-order valence-electron chi connectivity index (χ1n) is 5.50. The van der Waals surface area contributed by atoms with Crippen molar-refractivity contribution in [1.29, 1.82) is 0 Å². The van der Waals surface area contributed by atoms with Crippen LogP contribution in [0.25, 0.3) is 0 Å². The van der Waals surface area contributed by atoms with Crippen molar-refractivity contribution < 1.29 is 8.42 Å². The van der Waals surface area contributed by atoms with Gasteiger partial charge in [0.25, 0.3) is 0 Å². The van der Waals surface area contributed by atoms with Crippen LogP contribution >= 0.6 is 0 Å². The molecule has 0 atom stereocenters. The van der Waals surface area contributed by atoms with E-state index in [4.69, 9.17) is 5.73 Å². The monoisotopic (exact) mass is 247 g/mol. The predicted molar refractivity (Wildman–Crippen MR) is 66.2 cm³/mol. The third-order valence-corrected chi connectivity index (χ3v) is 4.06. The van der Waals surface area contributed by atoms with Crippen molar-refractivity contribution in [2.24, 2.45) is 10.7 Å². The second kappa shape index (κ2) is 4.61. The third-order valence-electron chi connectivity index (χ3n) is 2.35. The zero-order valence-corrected chi connectivity index (χ0v) is 11.0. The highest BCUT2D eigenvalue weighted by Crippen LogP contribution is 2.15. The summed E-state index contributed by atoms with van der Waals surface area (Å²) in [4.78, 5) is 4.31. The van der Waals surface area contributed by atoms with Crippen molar-refractivity contribution in [2.75, 3.05) is 11.5 Å². The topological polar surface area (TPSA) is 84.5 Å². The molecule has 0 aromatic heterocycles. The van der Waals surface area contributed by atoms with Gasteiger partial charge in [0.05, 0.1) is 17.5 Å². The molecule has 0 spiro atoms. The summed E-state index contributed by atoms with van der Waals surface area (Å²) in [5, 5.41) is 3.07. The van der Waals surface area contributed by atoms with E-state index in [1.54, 1.807) is 0 Å². The molecule has 16 heavy (non-hydrogen) atoms. The molecule has 0 aromatic carbocycles. The van der Waals surface area contributed by atoms with Crippen LogP contribution in [-0.2, 0) is 9.84 Å². The predicted octanol–water partition coefficient (Wildman–Crippen LogP) is 0.266. The molecule has 0 amide bonds. The molecular formula is C10H21N3O2S. The van der Waals surface area contributed by atoms with Crippen molar-refractivity contribution in [3.63, 3.8) is 0 Å². The Balaban J connectivity index is 2.52. The Bertz CT molecular complexity index is 354. The minimum atomic E-state index is -2.82. The van der Waals surface area contributed by atoms with Crippen LogP contribution in [0.4, 0.5) is 0 Å². The SMILES string of the molecule is CC(C)(C)NC(N)=NC1CCS(=O)(=O)CC1. The van der Waals surface area contributed by atoms with Crippen molar-refractivity contribution in [3.8, 4) is 0 Å². The molecule has 1 aliphatic rings. The molecular weight excluding hydrogens is 226 g/mol. The molecule has 1 saturated heterocycles. The van der Waals surface area contributed by atoms with E-state index in [0.717, 1.165) is 0 Å². The molecule has 0 bridgehead atoms. The molecule has 0 aromatic rings. The number of nitrogens with zero attached hydrogens (tertiary/aromatic N) is 1. The molecule has 0 aliphatic carbocycles. The van der Waals surface area contributed by atoms with E-state index in [9.17, 15) is 8.42 Å². The lowest BCUT2D eigenvalue weighted by atomic mass is 10.1. The maximum atomic E-state index is 11.2. The number of sulfone groups is 1. The zero-order valence-electron chi connectivity index (χ0n) is 10.2. The maximum Gasteiger partial charge on any atom is 0.189 e. The molecule has 3 N–H and O–H groups in total. The zero-order chi connectivity index (χ0) is 12.4. The number of aliphatic imine (C=N–C) groups is 1. The highest BCUT2D eigenvalue weighted by molar-refractivity contribution is 7.91. The van der Waals surface area contributed by atoms with Crippen molar-refractivity contribution in [1.82, 2.24) is 5.32 Å². The first-order chi connectivity index (χ1) is 7.18. The summed E-state index contributed by atoms with van der Waals surface area (Å²) in [6.45, 7) is 6.00. The first kappa shape index (κ1) is 13.3. The van der Waals surface area contributed by atoms with Crippen LogP contribution in [0, 0.1) is 0 Å². The first-order valence-corrected chi connectivity index (χ1v) is 7.32. The highest BCUT2D eigenvalue weighted by Gasteiger charge is 2.23. The Morgan fingerprint density at radius 3 is 2.25 bits per heavy atom. The Morgan fingerprint density at radius 2 is 1.81 bits per heavy atom. The average Bonchev–Trinajstić information content (AvgIpc) is 2.05. The van der Waals surface area contributed by atoms with Gasteiger partial charge in [0, 0.05) is 5.54 Å². The van der Waals surface area contributed by atoms with Crippen LogP contribution in [0.15, 0.2) is 4.99 Å². The summed E-state index contributed by atoms with van der Waals surface area (Å²) < 4.78 is 22.4. The van der Waals surface area contributed by atoms with E-state index < -0.39 is 9.84 Å². The minimum Gasteiger partial charge on any atom is -0.370 e. The van der Waals surface area contributed by atoms with E-state index in [0.29, 0.717) is 18.8 Å². The van der Waals surface area contributed by atoms with Gasteiger partial charge in [-0.25, -0.2) is 8.42 Å². The van der Waals surface area contributed by atoms with E-state index in [1.165, 1.54) is 0 Å². The van der Waals surface area contributed by atoms with Gasteiger partial charge in [-0.1, -0.05) is 0 Å². The third kappa shape index (κ3) is 4.83. The molecule has 6 heteroatoms.